The van der Waals surface area contributed by atoms with E-state index in [1.165, 1.54) is 6.42 Å². The SMILES string of the molecule is O=C(O/N=C(/CC1CCCCC1)[N+](=O)[O-])c1ccc(-c2ccccc2)cc1. The van der Waals surface area contributed by atoms with Gasteiger partial charge in [-0.3, -0.25) is 0 Å². The van der Waals surface area contributed by atoms with Crippen molar-refractivity contribution in [1.29, 1.82) is 0 Å². The first-order valence-electron chi connectivity index (χ1n) is 9.21. The molecule has 0 aromatic heterocycles. The highest BCUT2D eigenvalue weighted by atomic mass is 16.7. The van der Waals surface area contributed by atoms with Crippen LogP contribution in [0.25, 0.3) is 11.1 Å². The first-order chi connectivity index (χ1) is 13.1. The summed E-state index contributed by atoms with van der Waals surface area (Å²) in [5, 5.41) is 14.7. The Morgan fingerprint density at radius 3 is 2.26 bits per heavy atom. The summed E-state index contributed by atoms with van der Waals surface area (Å²) in [6.07, 6.45) is 5.51. The van der Waals surface area contributed by atoms with E-state index >= 15 is 0 Å². The van der Waals surface area contributed by atoms with Crippen LogP contribution in [-0.4, -0.2) is 16.7 Å². The number of nitro groups is 1. The first-order valence-corrected chi connectivity index (χ1v) is 9.21. The lowest BCUT2D eigenvalue weighted by Gasteiger charge is -2.19. The van der Waals surface area contributed by atoms with Crippen molar-refractivity contribution in [2.45, 2.75) is 38.5 Å². The van der Waals surface area contributed by atoms with Crippen molar-refractivity contribution in [3.8, 4) is 11.1 Å². The normalized spacial score (nSPS) is 15.3. The summed E-state index contributed by atoms with van der Waals surface area (Å²) in [5.74, 6) is -0.736. The molecule has 6 heteroatoms. The van der Waals surface area contributed by atoms with Gasteiger partial charge in [-0.2, -0.15) is 0 Å². The van der Waals surface area contributed by atoms with E-state index in [9.17, 15) is 14.9 Å². The van der Waals surface area contributed by atoms with Crippen LogP contribution in [0, 0.1) is 16.0 Å². The van der Waals surface area contributed by atoms with Crippen LogP contribution in [0.2, 0.25) is 0 Å². The van der Waals surface area contributed by atoms with Crippen LogP contribution in [0.1, 0.15) is 48.9 Å². The number of benzene rings is 2. The van der Waals surface area contributed by atoms with Crippen LogP contribution in [-0.2, 0) is 4.84 Å². The van der Waals surface area contributed by atoms with Gasteiger partial charge in [-0.15, -0.1) is 0 Å². The summed E-state index contributed by atoms with van der Waals surface area (Å²) in [6, 6.07) is 16.7. The Kier molecular flexibility index (Phi) is 6.30. The molecule has 140 valence electrons. The van der Waals surface area contributed by atoms with Gasteiger partial charge >= 0.3 is 11.8 Å². The smallest absolute Gasteiger partial charge is 0.358 e. The highest BCUT2D eigenvalue weighted by Gasteiger charge is 2.24. The number of amidine groups is 1. The zero-order valence-electron chi connectivity index (χ0n) is 15.0. The van der Waals surface area contributed by atoms with Gasteiger partial charge in [0.25, 0.3) is 0 Å². The Morgan fingerprint density at radius 1 is 1.00 bits per heavy atom. The number of hydrogen-bond donors (Lipinski definition) is 0. The number of rotatable bonds is 5. The number of carbonyl (C=O) groups is 1. The molecule has 0 spiro atoms. The minimum Gasteiger partial charge on any atom is -0.358 e. The third kappa shape index (κ3) is 5.23. The van der Waals surface area contributed by atoms with Gasteiger partial charge < -0.3 is 10.1 Å². The second-order valence-corrected chi connectivity index (χ2v) is 6.79. The highest BCUT2D eigenvalue weighted by molar-refractivity contribution is 5.90. The molecule has 1 fully saturated rings. The molecule has 0 unspecified atom stereocenters. The molecule has 1 aliphatic rings. The monoisotopic (exact) mass is 366 g/mol. The largest absolute Gasteiger partial charge is 0.393 e. The molecule has 2 aromatic carbocycles. The van der Waals surface area contributed by atoms with E-state index in [0.29, 0.717) is 5.56 Å². The molecular weight excluding hydrogens is 344 g/mol. The molecule has 0 N–H and O–H groups in total. The van der Waals surface area contributed by atoms with E-state index in [0.717, 1.165) is 36.8 Å². The van der Waals surface area contributed by atoms with E-state index in [2.05, 4.69) is 5.16 Å². The summed E-state index contributed by atoms with van der Waals surface area (Å²) in [6.45, 7) is 0. The predicted molar refractivity (Wildman–Crippen MR) is 103 cm³/mol. The van der Waals surface area contributed by atoms with E-state index in [4.69, 9.17) is 4.84 Å². The van der Waals surface area contributed by atoms with Crippen LogP contribution < -0.4 is 0 Å². The Hall–Kier alpha value is -3.02. The molecule has 0 bridgehead atoms. The molecular formula is C21H22N2O4. The van der Waals surface area contributed by atoms with Crippen molar-refractivity contribution in [2.75, 3.05) is 0 Å². The topological polar surface area (TPSA) is 81.8 Å². The third-order valence-corrected chi connectivity index (χ3v) is 4.87. The lowest BCUT2D eigenvalue weighted by atomic mass is 9.87. The van der Waals surface area contributed by atoms with Crippen molar-refractivity contribution >= 4 is 11.8 Å². The Balaban J connectivity index is 1.64. The Morgan fingerprint density at radius 2 is 1.63 bits per heavy atom. The zero-order valence-corrected chi connectivity index (χ0v) is 15.0. The van der Waals surface area contributed by atoms with E-state index in [1.807, 2.05) is 42.5 Å². The number of carbonyl (C=O) groups excluding carboxylic acids is 1. The van der Waals surface area contributed by atoms with Gasteiger partial charge in [-0.05, 0) is 46.9 Å². The fourth-order valence-electron chi connectivity index (χ4n) is 3.37. The predicted octanol–water partition coefficient (Wildman–Crippen LogP) is 5.07. The second kappa shape index (κ2) is 9.07. The van der Waals surface area contributed by atoms with Crippen molar-refractivity contribution in [3.05, 3.63) is 70.3 Å². The number of oxime groups is 1. The molecule has 0 saturated heterocycles. The Labute approximate surface area is 158 Å². The summed E-state index contributed by atoms with van der Waals surface area (Å²) in [7, 11) is 0. The maximum Gasteiger partial charge on any atom is 0.393 e. The van der Waals surface area contributed by atoms with Gasteiger partial charge in [0, 0.05) is 0 Å². The minimum atomic E-state index is -0.697. The average molecular weight is 366 g/mol. The first kappa shape index (κ1) is 18.8. The maximum atomic E-state index is 12.2. The van der Waals surface area contributed by atoms with Crippen LogP contribution in [0.15, 0.2) is 59.8 Å². The Bertz CT molecular complexity index is 810. The maximum absolute atomic E-state index is 12.2. The van der Waals surface area contributed by atoms with Crippen LogP contribution in [0.3, 0.4) is 0 Å². The summed E-state index contributed by atoms with van der Waals surface area (Å²) in [4.78, 5) is 27.7. The minimum absolute atomic E-state index is 0.242. The fourth-order valence-corrected chi connectivity index (χ4v) is 3.37. The highest BCUT2D eigenvalue weighted by Crippen LogP contribution is 2.27. The quantitative estimate of drug-likeness (QED) is 0.243. The second-order valence-electron chi connectivity index (χ2n) is 6.79. The summed E-state index contributed by atoms with van der Waals surface area (Å²) < 4.78 is 0. The van der Waals surface area contributed by atoms with Gasteiger partial charge in [0.05, 0.1) is 12.0 Å². The van der Waals surface area contributed by atoms with Gasteiger partial charge in [-0.1, -0.05) is 61.7 Å². The molecule has 27 heavy (non-hydrogen) atoms. The molecule has 6 nitrogen and oxygen atoms in total. The van der Waals surface area contributed by atoms with Crippen LogP contribution in [0.4, 0.5) is 0 Å². The average Bonchev–Trinajstić information content (AvgIpc) is 2.72. The van der Waals surface area contributed by atoms with E-state index < -0.39 is 10.9 Å². The molecule has 0 atom stereocenters. The molecule has 0 heterocycles. The van der Waals surface area contributed by atoms with Crippen molar-refractivity contribution in [2.24, 2.45) is 11.1 Å². The molecule has 0 aliphatic heterocycles. The van der Waals surface area contributed by atoms with Gasteiger partial charge in [0.2, 0.25) is 0 Å². The van der Waals surface area contributed by atoms with Crippen LogP contribution >= 0.6 is 0 Å². The van der Waals surface area contributed by atoms with Crippen LogP contribution in [0.5, 0.6) is 0 Å². The van der Waals surface area contributed by atoms with Crippen molar-refractivity contribution in [1.82, 2.24) is 0 Å². The molecule has 1 saturated carbocycles. The summed E-state index contributed by atoms with van der Waals surface area (Å²) >= 11 is 0. The standard InChI is InChI=1S/C21H22N2O4/c24-21(19-13-11-18(12-14-19)17-9-5-2-6-10-17)27-22-20(23(25)26)15-16-7-3-1-4-8-16/h2,5-6,9-14,16H,1,3-4,7-8,15H2/b22-20-. The molecule has 1 aliphatic carbocycles. The van der Waals surface area contributed by atoms with Crippen molar-refractivity contribution in [3.63, 3.8) is 0 Å². The molecule has 3 rings (SSSR count). The molecule has 0 amide bonds. The van der Waals surface area contributed by atoms with E-state index in [-0.39, 0.29) is 18.2 Å². The third-order valence-electron chi connectivity index (χ3n) is 4.87. The van der Waals surface area contributed by atoms with Crippen molar-refractivity contribution < 1.29 is 14.6 Å². The fraction of sp³-hybridized carbons (Fsp3) is 0.333. The number of hydrogen-bond acceptors (Lipinski definition) is 5. The molecule has 2 aromatic rings. The zero-order chi connectivity index (χ0) is 19.1. The molecule has 0 radical (unpaired) electrons. The summed E-state index contributed by atoms with van der Waals surface area (Å²) in [5.41, 5.74) is 2.32. The van der Waals surface area contributed by atoms with Gasteiger partial charge in [-0.25, -0.2) is 9.63 Å². The lowest BCUT2D eigenvalue weighted by molar-refractivity contribution is -0.356. The van der Waals surface area contributed by atoms with Gasteiger partial charge in [0.1, 0.15) is 0 Å². The van der Waals surface area contributed by atoms with E-state index in [1.54, 1.807) is 12.1 Å². The number of nitrogens with zero attached hydrogens (tertiary/aromatic N) is 2. The lowest BCUT2D eigenvalue weighted by Crippen LogP contribution is -2.19. The van der Waals surface area contributed by atoms with Gasteiger partial charge in [0.15, 0.2) is 5.16 Å².